The van der Waals surface area contributed by atoms with Gasteiger partial charge >= 0.3 is 0 Å². The molecule has 21 heavy (non-hydrogen) atoms. The fourth-order valence-corrected chi connectivity index (χ4v) is 3.35. The standard InChI is InChI=1S/C15H17N3O2.ClH/c19-14(13-8-11-2-1-5-16-15(11)20-13)17-12-9-18-6-3-10(12)4-7-18;/h1-2,5,8,10,12H,3-4,6-7,9H2,(H,17,19);1H/t12-;/m0./s1. The maximum atomic E-state index is 12.3. The zero-order valence-corrected chi connectivity index (χ0v) is 12.4. The molecule has 3 fully saturated rings. The highest BCUT2D eigenvalue weighted by atomic mass is 35.5. The van der Waals surface area contributed by atoms with Crippen molar-refractivity contribution >= 4 is 29.4 Å². The Bertz CT molecular complexity index is 616. The summed E-state index contributed by atoms with van der Waals surface area (Å²) in [6.07, 6.45) is 4.04. The summed E-state index contributed by atoms with van der Waals surface area (Å²) >= 11 is 0. The zero-order valence-electron chi connectivity index (χ0n) is 11.6. The third-order valence-electron chi connectivity index (χ3n) is 4.49. The molecule has 5 rings (SSSR count). The third kappa shape index (κ3) is 2.63. The van der Waals surface area contributed by atoms with Crippen molar-refractivity contribution in [3.8, 4) is 0 Å². The van der Waals surface area contributed by atoms with E-state index in [1.807, 2.05) is 12.1 Å². The molecule has 1 amide bonds. The number of piperidine rings is 3. The molecule has 5 nitrogen and oxygen atoms in total. The predicted octanol–water partition coefficient (Wildman–Crippen LogP) is 2.07. The summed E-state index contributed by atoms with van der Waals surface area (Å²) in [7, 11) is 0. The van der Waals surface area contributed by atoms with Gasteiger partial charge in [-0.15, -0.1) is 12.4 Å². The van der Waals surface area contributed by atoms with Gasteiger partial charge in [-0.25, -0.2) is 4.98 Å². The van der Waals surface area contributed by atoms with Gasteiger partial charge < -0.3 is 14.6 Å². The predicted molar refractivity (Wildman–Crippen MR) is 81.7 cm³/mol. The second-order valence-corrected chi connectivity index (χ2v) is 5.73. The minimum atomic E-state index is -0.123. The molecule has 0 radical (unpaired) electrons. The van der Waals surface area contributed by atoms with E-state index in [0.29, 0.717) is 17.4 Å². The number of carbonyl (C=O) groups excluding carboxylic acids is 1. The van der Waals surface area contributed by atoms with Crippen molar-refractivity contribution < 1.29 is 9.21 Å². The molecule has 5 heterocycles. The first-order chi connectivity index (χ1) is 9.79. The van der Waals surface area contributed by atoms with Crippen LogP contribution in [0.1, 0.15) is 23.4 Å². The van der Waals surface area contributed by atoms with E-state index in [1.54, 1.807) is 12.3 Å². The molecule has 3 saturated heterocycles. The highest BCUT2D eigenvalue weighted by Gasteiger charge is 2.35. The summed E-state index contributed by atoms with van der Waals surface area (Å²) in [6, 6.07) is 5.76. The van der Waals surface area contributed by atoms with Crippen LogP contribution in [0, 0.1) is 5.92 Å². The van der Waals surface area contributed by atoms with Crippen molar-refractivity contribution in [3.63, 3.8) is 0 Å². The Morgan fingerprint density at radius 2 is 2.19 bits per heavy atom. The van der Waals surface area contributed by atoms with Crippen LogP contribution >= 0.6 is 12.4 Å². The van der Waals surface area contributed by atoms with Gasteiger partial charge in [0.15, 0.2) is 5.76 Å². The summed E-state index contributed by atoms with van der Waals surface area (Å²) in [5.74, 6) is 0.850. The summed E-state index contributed by atoms with van der Waals surface area (Å²) in [5, 5.41) is 3.99. The SMILES string of the molecule is Cl.O=C(N[C@H]1CN2CCC1CC2)c1cc2cccnc2o1. The van der Waals surface area contributed by atoms with Crippen LogP contribution < -0.4 is 5.32 Å². The number of amides is 1. The smallest absolute Gasteiger partial charge is 0.287 e. The number of pyridine rings is 1. The van der Waals surface area contributed by atoms with E-state index in [0.717, 1.165) is 11.9 Å². The Balaban J connectivity index is 0.00000132. The number of carbonyl (C=O) groups is 1. The monoisotopic (exact) mass is 307 g/mol. The summed E-state index contributed by atoms with van der Waals surface area (Å²) < 4.78 is 5.51. The maximum absolute atomic E-state index is 12.3. The van der Waals surface area contributed by atoms with E-state index in [9.17, 15) is 4.79 Å². The number of fused-ring (bicyclic) bond motifs is 4. The number of hydrogen-bond donors (Lipinski definition) is 1. The highest BCUT2D eigenvalue weighted by Crippen LogP contribution is 2.28. The molecular weight excluding hydrogens is 290 g/mol. The lowest BCUT2D eigenvalue weighted by Gasteiger charge is -2.44. The van der Waals surface area contributed by atoms with Gasteiger partial charge in [0.05, 0.1) is 0 Å². The Labute approximate surface area is 129 Å². The van der Waals surface area contributed by atoms with Crippen molar-refractivity contribution in [2.45, 2.75) is 18.9 Å². The van der Waals surface area contributed by atoms with Crippen LogP contribution in [0.15, 0.2) is 28.8 Å². The number of furan rings is 1. The molecule has 112 valence electrons. The molecule has 2 aromatic rings. The Hall–Kier alpha value is -1.59. The Kier molecular flexibility index (Phi) is 3.87. The largest absolute Gasteiger partial charge is 0.433 e. The van der Waals surface area contributed by atoms with E-state index < -0.39 is 0 Å². The van der Waals surface area contributed by atoms with Gasteiger partial charge in [0.2, 0.25) is 5.71 Å². The van der Waals surface area contributed by atoms with Gasteiger partial charge in [-0.3, -0.25) is 4.79 Å². The molecule has 0 aromatic carbocycles. The van der Waals surface area contributed by atoms with Crippen LogP contribution in [0.25, 0.3) is 11.1 Å². The molecule has 0 saturated carbocycles. The highest BCUT2D eigenvalue weighted by molar-refractivity contribution is 5.95. The van der Waals surface area contributed by atoms with Gasteiger partial charge in [-0.05, 0) is 50.0 Å². The quantitative estimate of drug-likeness (QED) is 0.923. The zero-order chi connectivity index (χ0) is 13.5. The van der Waals surface area contributed by atoms with E-state index in [4.69, 9.17) is 4.42 Å². The van der Waals surface area contributed by atoms with Crippen molar-refractivity contribution in [1.29, 1.82) is 0 Å². The summed E-state index contributed by atoms with van der Waals surface area (Å²) in [5.41, 5.74) is 0.520. The summed E-state index contributed by atoms with van der Waals surface area (Å²) in [4.78, 5) is 18.8. The first-order valence-electron chi connectivity index (χ1n) is 7.17. The molecule has 2 aromatic heterocycles. The number of aromatic nitrogens is 1. The fraction of sp³-hybridized carbons (Fsp3) is 0.467. The number of nitrogens with zero attached hydrogens (tertiary/aromatic N) is 2. The van der Waals surface area contributed by atoms with Crippen LogP contribution in [0.2, 0.25) is 0 Å². The number of nitrogens with one attached hydrogen (secondary N) is 1. The number of rotatable bonds is 2. The lowest BCUT2D eigenvalue weighted by Crippen LogP contribution is -2.57. The average molecular weight is 308 g/mol. The minimum absolute atomic E-state index is 0. The molecule has 1 atom stereocenters. The average Bonchev–Trinajstić information content (AvgIpc) is 2.92. The minimum Gasteiger partial charge on any atom is -0.433 e. The third-order valence-corrected chi connectivity index (χ3v) is 4.49. The van der Waals surface area contributed by atoms with Crippen LogP contribution in [0.5, 0.6) is 0 Å². The van der Waals surface area contributed by atoms with E-state index in [1.165, 1.54) is 25.9 Å². The van der Waals surface area contributed by atoms with Crippen LogP contribution in [-0.2, 0) is 0 Å². The first kappa shape index (κ1) is 14.4. The van der Waals surface area contributed by atoms with Crippen molar-refractivity contribution in [2.75, 3.05) is 19.6 Å². The Morgan fingerprint density at radius 1 is 1.38 bits per heavy atom. The first-order valence-corrected chi connectivity index (χ1v) is 7.17. The van der Waals surface area contributed by atoms with Gasteiger partial charge in [0.25, 0.3) is 5.91 Å². The van der Waals surface area contributed by atoms with Crippen LogP contribution in [-0.4, -0.2) is 41.5 Å². The Morgan fingerprint density at radius 3 is 2.86 bits per heavy atom. The van der Waals surface area contributed by atoms with E-state index >= 15 is 0 Å². The van der Waals surface area contributed by atoms with Gasteiger partial charge in [0, 0.05) is 24.2 Å². The normalized spacial score (nSPS) is 27.3. The molecule has 0 unspecified atom stereocenters. The van der Waals surface area contributed by atoms with Crippen molar-refractivity contribution in [2.24, 2.45) is 5.92 Å². The van der Waals surface area contributed by atoms with Gasteiger partial charge in [0.1, 0.15) is 0 Å². The van der Waals surface area contributed by atoms with Crippen molar-refractivity contribution in [3.05, 3.63) is 30.2 Å². The molecule has 0 aliphatic carbocycles. The van der Waals surface area contributed by atoms with Gasteiger partial charge in [-0.1, -0.05) is 0 Å². The molecule has 3 aliphatic rings. The summed E-state index contributed by atoms with van der Waals surface area (Å²) in [6.45, 7) is 3.31. The number of halogens is 1. The topological polar surface area (TPSA) is 58.4 Å². The molecule has 1 N–H and O–H groups in total. The van der Waals surface area contributed by atoms with E-state index in [2.05, 4.69) is 15.2 Å². The van der Waals surface area contributed by atoms with Crippen molar-refractivity contribution in [1.82, 2.24) is 15.2 Å². The molecule has 6 heteroatoms. The van der Waals surface area contributed by atoms with Crippen LogP contribution in [0.4, 0.5) is 0 Å². The second kappa shape index (κ2) is 5.66. The van der Waals surface area contributed by atoms with E-state index in [-0.39, 0.29) is 24.4 Å². The second-order valence-electron chi connectivity index (χ2n) is 5.73. The lowest BCUT2D eigenvalue weighted by atomic mass is 9.84. The maximum Gasteiger partial charge on any atom is 0.287 e. The number of hydrogen-bond acceptors (Lipinski definition) is 4. The van der Waals surface area contributed by atoms with Crippen LogP contribution in [0.3, 0.4) is 0 Å². The fourth-order valence-electron chi connectivity index (χ4n) is 3.35. The molecule has 2 bridgehead atoms. The lowest BCUT2D eigenvalue weighted by molar-refractivity contribution is 0.0607. The molecule has 0 spiro atoms. The molecular formula is C15H18ClN3O2. The molecule has 3 aliphatic heterocycles. The van der Waals surface area contributed by atoms with Gasteiger partial charge in [-0.2, -0.15) is 0 Å².